The van der Waals surface area contributed by atoms with E-state index in [1.807, 2.05) is 65.0 Å². The molecule has 0 aliphatic carbocycles. The molecule has 0 saturated heterocycles. The molecule has 0 fully saturated rings. The molecule has 10 heteroatoms. The summed E-state index contributed by atoms with van der Waals surface area (Å²) >= 11 is 0. The van der Waals surface area contributed by atoms with Gasteiger partial charge >= 0.3 is 12.1 Å². The third-order valence-corrected chi connectivity index (χ3v) is 5.11. The number of nitrogens with zero attached hydrogens (tertiary/aromatic N) is 2. The van der Waals surface area contributed by atoms with E-state index in [9.17, 15) is 22.8 Å². The molecule has 210 valence electrons. The van der Waals surface area contributed by atoms with Crippen LogP contribution in [0.25, 0.3) is 0 Å². The Kier molecular flexibility index (Phi) is 11.1. The Morgan fingerprint density at radius 3 is 1.87 bits per heavy atom. The number of amides is 2. The number of anilines is 1. The summed E-state index contributed by atoms with van der Waals surface area (Å²) < 4.78 is 31.7. The molecular weight excluding hydrogens is 499 g/mol. The average molecular weight is 538 g/mol. The van der Waals surface area contributed by atoms with Crippen LogP contribution < -0.4 is 10.2 Å². The Morgan fingerprint density at radius 1 is 0.974 bits per heavy atom. The van der Waals surface area contributed by atoms with Crippen molar-refractivity contribution in [2.45, 2.75) is 85.0 Å². The minimum absolute atomic E-state index is 0.00232. The van der Waals surface area contributed by atoms with Gasteiger partial charge in [0.05, 0.1) is 0 Å². The summed E-state index contributed by atoms with van der Waals surface area (Å²) in [6.07, 6.45) is -1.41. The Morgan fingerprint density at radius 2 is 1.50 bits per heavy atom. The number of nitrogens with one attached hydrogen (secondary N) is 1. The summed E-state index contributed by atoms with van der Waals surface area (Å²) in [5.74, 6) is -2.90. The molecule has 0 saturated carbocycles. The minimum Gasteiger partial charge on any atom is -0.475 e. The first-order chi connectivity index (χ1) is 17.2. The summed E-state index contributed by atoms with van der Waals surface area (Å²) in [4.78, 5) is 41.6. The molecule has 0 radical (unpaired) electrons. The fraction of sp³-hybridized carbons (Fsp3) is 0.500. The van der Waals surface area contributed by atoms with E-state index >= 15 is 0 Å². The summed E-state index contributed by atoms with van der Waals surface area (Å²) in [5, 5.41) is 10.2. The van der Waals surface area contributed by atoms with Gasteiger partial charge in [-0.05, 0) is 55.9 Å². The van der Waals surface area contributed by atoms with Gasteiger partial charge in [-0.15, -0.1) is 0 Å². The lowest BCUT2D eigenvalue weighted by molar-refractivity contribution is -0.192. The van der Waals surface area contributed by atoms with Gasteiger partial charge in [0.25, 0.3) is 0 Å². The molecular formula is C28H38F3N3O4. The number of carbonyl (C=O) groups excluding carboxylic acids is 2. The number of aliphatic carboxylic acids is 1. The van der Waals surface area contributed by atoms with Crippen molar-refractivity contribution < 1.29 is 32.7 Å². The van der Waals surface area contributed by atoms with Crippen LogP contribution in [0.1, 0.15) is 79.0 Å². The van der Waals surface area contributed by atoms with E-state index in [0.717, 1.165) is 0 Å². The van der Waals surface area contributed by atoms with Gasteiger partial charge in [-0.3, -0.25) is 19.5 Å². The van der Waals surface area contributed by atoms with Crippen LogP contribution in [-0.4, -0.2) is 39.6 Å². The Labute approximate surface area is 222 Å². The molecule has 1 atom stereocenters. The van der Waals surface area contributed by atoms with Crippen molar-refractivity contribution in [1.29, 1.82) is 0 Å². The Bertz CT molecular complexity index is 1070. The summed E-state index contributed by atoms with van der Waals surface area (Å²) in [6, 6.07) is 10.8. The van der Waals surface area contributed by atoms with Crippen LogP contribution in [0.2, 0.25) is 0 Å². The number of halogens is 3. The number of hydrogen-bond donors (Lipinski definition) is 2. The highest BCUT2D eigenvalue weighted by Crippen LogP contribution is 2.32. The predicted molar refractivity (Wildman–Crippen MR) is 141 cm³/mol. The minimum atomic E-state index is -5.08. The first-order valence-electron chi connectivity index (χ1n) is 12.2. The number of carbonyl (C=O) groups is 3. The lowest BCUT2D eigenvalue weighted by atomic mass is 9.87. The van der Waals surface area contributed by atoms with Crippen molar-refractivity contribution >= 4 is 23.5 Å². The van der Waals surface area contributed by atoms with Crippen molar-refractivity contribution in [3.63, 3.8) is 0 Å². The van der Waals surface area contributed by atoms with Gasteiger partial charge in [0, 0.05) is 35.6 Å². The molecule has 1 aromatic carbocycles. The van der Waals surface area contributed by atoms with Gasteiger partial charge in [-0.25, -0.2) is 4.79 Å². The highest BCUT2D eigenvalue weighted by Gasteiger charge is 2.38. The third kappa shape index (κ3) is 10.5. The van der Waals surface area contributed by atoms with Crippen molar-refractivity contribution in [2.24, 2.45) is 5.92 Å². The second-order valence-electron chi connectivity index (χ2n) is 11.4. The molecule has 7 nitrogen and oxygen atoms in total. The van der Waals surface area contributed by atoms with Crippen LogP contribution in [0.4, 0.5) is 18.9 Å². The molecule has 2 aromatic rings. The highest BCUT2D eigenvalue weighted by atomic mass is 19.4. The van der Waals surface area contributed by atoms with E-state index in [4.69, 9.17) is 9.90 Å². The van der Waals surface area contributed by atoms with Gasteiger partial charge in [0.1, 0.15) is 6.04 Å². The molecule has 38 heavy (non-hydrogen) atoms. The lowest BCUT2D eigenvalue weighted by Crippen LogP contribution is -2.49. The third-order valence-electron chi connectivity index (χ3n) is 5.11. The van der Waals surface area contributed by atoms with Crippen molar-refractivity contribution in [3.05, 3.63) is 59.9 Å². The number of carboxylic acid groups (broad SMARTS) is 1. The lowest BCUT2D eigenvalue weighted by Gasteiger charge is -2.34. The van der Waals surface area contributed by atoms with E-state index in [1.165, 1.54) is 5.56 Å². The van der Waals surface area contributed by atoms with Crippen molar-refractivity contribution in [2.75, 3.05) is 4.90 Å². The molecule has 2 N–H and O–H groups in total. The van der Waals surface area contributed by atoms with Crippen LogP contribution in [0.15, 0.2) is 48.8 Å². The van der Waals surface area contributed by atoms with Gasteiger partial charge < -0.3 is 10.4 Å². The first kappa shape index (κ1) is 32.6. The Hall–Kier alpha value is -3.43. The van der Waals surface area contributed by atoms with Crippen LogP contribution in [-0.2, 0) is 19.8 Å². The zero-order chi connectivity index (χ0) is 29.5. The van der Waals surface area contributed by atoms with E-state index in [2.05, 4.69) is 31.1 Å². The average Bonchev–Trinajstić information content (AvgIpc) is 2.75. The zero-order valence-electron chi connectivity index (χ0n) is 23.2. The number of benzene rings is 1. The molecule has 0 spiro atoms. The quantitative estimate of drug-likeness (QED) is 0.468. The molecule has 2 amide bonds. The van der Waals surface area contributed by atoms with Gasteiger partial charge in [0.2, 0.25) is 11.8 Å². The van der Waals surface area contributed by atoms with E-state index in [0.29, 0.717) is 17.7 Å². The van der Waals surface area contributed by atoms with Crippen LogP contribution in [0.5, 0.6) is 0 Å². The van der Waals surface area contributed by atoms with Crippen molar-refractivity contribution in [3.8, 4) is 0 Å². The van der Waals surface area contributed by atoms with Crippen LogP contribution in [0, 0.1) is 5.92 Å². The first-order valence-corrected chi connectivity index (χ1v) is 12.2. The zero-order valence-corrected chi connectivity index (χ0v) is 23.2. The van der Waals surface area contributed by atoms with Gasteiger partial charge in [0.15, 0.2) is 0 Å². The second-order valence-corrected chi connectivity index (χ2v) is 11.4. The number of carboxylic acids is 1. The summed E-state index contributed by atoms with van der Waals surface area (Å²) in [7, 11) is 0. The van der Waals surface area contributed by atoms with Crippen molar-refractivity contribution in [1.82, 2.24) is 10.3 Å². The number of pyridine rings is 1. The monoisotopic (exact) mass is 537 g/mol. The SMILES string of the molecule is CC(C)CC(=O)N(c1ccc(C(C)(C)C)cc1)C(C(=O)NC(C)(C)C)c1cccnc1.O=C(O)C(F)(F)F. The topological polar surface area (TPSA) is 99.6 Å². The highest BCUT2D eigenvalue weighted by molar-refractivity contribution is 6.01. The van der Waals surface area contributed by atoms with E-state index in [1.54, 1.807) is 23.4 Å². The van der Waals surface area contributed by atoms with Crippen LogP contribution >= 0.6 is 0 Å². The predicted octanol–water partition coefficient (Wildman–Crippen LogP) is 6.05. The molecule has 1 heterocycles. The Balaban J connectivity index is 0.000000905. The molecule has 0 aliphatic heterocycles. The normalized spacial score (nSPS) is 12.7. The second kappa shape index (κ2) is 12.9. The van der Waals surface area contributed by atoms with E-state index < -0.39 is 23.7 Å². The number of aromatic nitrogens is 1. The fourth-order valence-corrected chi connectivity index (χ4v) is 3.40. The fourth-order valence-electron chi connectivity index (χ4n) is 3.40. The van der Waals surface area contributed by atoms with E-state index in [-0.39, 0.29) is 23.1 Å². The van der Waals surface area contributed by atoms with Gasteiger partial charge in [-0.2, -0.15) is 13.2 Å². The molecule has 2 rings (SSSR count). The molecule has 0 bridgehead atoms. The number of hydrogen-bond acceptors (Lipinski definition) is 4. The standard InChI is InChI=1S/C26H37N3O2.C2HF3O2/c1-18(2)16-22(30)29(21-13-11-20(12-14-21)25(3,4)5)23(19-10-9-15-27-17-19)24(31)28-26(6,7)8;3-2(4,5)1(6)7/h9-15,17-18,23H,16H2,1-8H3,(H,28,31);(H,6,7). The van der Waals surface area contributed by atoms with Crippen LogP contribution in [0.3, 0.4) is 0 Å². The summed E-state index contributed by atoms with van der Waals surface area (Å²) in [5.41, 5.74) is 2.13. The maximum atomic E-state index is 13.5. The maximum Gasteiger partial charge on any atom is 0.490 e. The molecule has 1 unspecified atom stereocenters. The molecule has 0 aliphatic rings. The smallest absolute Gasteiger partial charge is 0.475 e. The maximum absolute atomic E-state index is 13.5. The molecule has 1 aromatic heterocycles. The number of alkyl halides is 3. The number of rotatable bonds is 6. The summed E-state index contributed by atoms with van der Waals surface area (Å²) in [6.45, 7) is 16.3. The largest absolute Gasteiger partial charge is 0.490 e. The van der Waals surface area contributed by atoms with Gasteiger partial charge in [-0.1, -0.05) is 52.8 Å².